The van der Waals surface area contributed by atoms with E-state index in [0.717, 1.165) is 5.56 Å². The van der Waals surface area contributed by atoms with Gasteiger partial charge < -0.3 is 9.26 Å². The summed E-state index contributed by atoms with van der Waals surface area (Å²) in [5.74, 6) is 0.570. The molecule has 0 aliphatic carbocycles. The molecular formula is C10H10N2O2. The summed E-state index contributed by atoms with van der Waals surface area (Å²) >= 11 is 0. The van der Waals surface area contributed by atoms with Gasteiger partial charge in [-0.25, -0.2) is 0 Å². The minimum Gasteiger partial charge on any atom is -0.369 e. The van der Waals surface area contributed by atoms with Crippen molar-refractivity contribution in [2.75, 3.05) is 0 Å². The van der Waals surface area contributed by atoms with E-state index in [1.54, 1.807) is 0 Å². The molecule has 0 bridgehead atoms. The van der Waals surface area contributed by atoms with Crippen LogP contribution in [0.2, 0.25) is 0 Å². The Kier molecular flexibility index (Phi) is 2.88. The third-order valence-corrected chi connectivity index (χ3v) is 1.75. The van der Waals surface area contributed by atoms with Crippen molar-refractivity contribution in [1.82, 2.24) is 10.1 Å². The molecule has 0 saturated heterocycles. The molecule has 2 aromatic rings. The Labute approximate surface area is 81.5 Å². The van der Waals surface area contributed by atoms with E-state index in [9.17, 15) is 0 Å². The highest BCUT2D eigenvalue weighted by molar-refractivity contribution is 5.13. The van der Waals surface area contributed by atoms with Gasteiger partial charge in [-0.2, -0.15) is 4.98 Å². The lowest BCUT2D eigenvalue weighted by Crippen LogP contribution is -1.95. The summed E-state index contributed by atoms with van der Waals surface area (Å²) in [4.78, 5) is 3.84. The van der Waals surface area contributed by atoms with E-state index in [2.05, 4.69) is 14.7 Å². The van der Waals surface area contributed by atoms with Gasteiger partial charge in [0.05, 0.1) is 6.61 Å². The number of aromatic nitrogens is 2. The normalized spacial score (nSPS) is 10.3. The van der Waals surface area contributed by atoms with Crippen molar-refractivity contribution < 1.29 is 9.26 Å². The molecule has 1 aromatic heterocycles. The molecule has 1 heterocycles. The maximum atomic E-state index is 5.38. The van der Waals surface area contributed by atoms with Gasteiger partial charge >= 0.3 is 0 Å². The minimum atomic E-state index is 0.380. The van der Waals surface area contributed by atoms with Crippen molar-refractivity contribution in [3.05, 3.63) is 48.1 Å². The fourth-order valence-electron chi connectivity index (χ4n) is 1.09. The molecule has 0 aliphatic heterocycles. The molecule has 0 saturated carbocycles. The number of nitrogens with zero attached hydrogens (tertiary/aromatic N) is 2. The van der Waals surface area contributed by atoms with E-state index >= 15 is 0 Å². The topological polar surface area (TPSA) is 48.2 Å². The Bertz CT molecular complexity index is 359. The second-order valence-electron chi connectivity index (χ2n) is 2.83. The van der Waals surface area contributed by atoms with Crippen LogP contribution in [0.3, 0.4) is 0 Å². The lowest BCUT2D eigenvalue weighted by molar-refractivity contribution is 0.0999. The van der Waals surface area contributed by atoms with E-state index in [-0.39, 0.29) is 0 Å². The Hall–Kier alpha value is -1.68. The Balaban J connectivity index is 1.79. The number of hydrogen-bond donors (Lipinski definition) is 0. The number of rotatable bonds is 4. The molecule has 0 amide bonds. The fourth-order valence-corrected chi connectivity index (χ4v) is 1.09. The predicted octanol–water partition coefficient (Wildman–Crippen LogP) is 1.79. The summed E-state index contributed by atoms with van der Waals surface area (Å²) in [6, 6.07) is 9.95. The average Bonchev–Trinajstić information content (AvgIpc) is 2.72. The summed E-state index contributed by atoms with van der Waals surface area (Å²) in [7, 11) is 0. The number of ether oxygens (including phenoxy) is 1. The second-order valence-corrected chi connectivity index (χ2v) is 2.83. The molecule has 0 unspecified atom stereocenters. The van der Waals surface area contributed by atoms with Crippen molar-refractivity contribution in [1.29, 1.82) is 0 Å². The van der Waals surface area contributed by atoms with Gasteiger partial charge in [0.1, 0.15) is 6.61 Å². The summed E-state index contributed by atoms with van der Waals surface area (Å²) in [5.41, 5.74) is 1.14. The smallest absolute Gasteiger partial charge is 0.213 e. The van der Waals surface area contributed by atoms with Crippen LogP contribution in [0.15, 0.2) is 41.2 Å². The molecule has 4 heteroatoms. The molecule has 1 aromatic carbocycles. The summed E-state index contributed by atoms with van der Waals surface area (Å²) in [6.07, 6.45) is 1.29. The van der Waals surface area contributed by atoms with Gasteiger partial charge in [-0.15, -0.1) is 0 Å². The van der Waals surface area contributed by atoms with Gasteiger partial charge in [0, 0.05) is 0 Å². The Morgan fingerprint density at radius 3 is 2.71 bits per heavy atom. The molecule has 0 aliphatic rings. The maximum absolute atomic E-state index is 5.38. The first-order valence-electron chi connectivity index (χ1n) is 4.32. The van der Waals surface area contributed by atoms with E-state index in [4.69, 9.17) is 4.74 Å². The van der Waals surface area contributed by atoms with Crippen molar-refractivity contribution in [3.63, 3.8) is 0 Å². The van der Waals surface area contributed by atoms with Crippen LogP contribution in [0, 0.1) is 0 Å². The van der Waals surface area contributed by atoms with Gasteiger partial charge in [-0.1, -0.05) is 35.5 Å². The third kappa shape index (κ3) is 2.40. The number of benzene rings is 1. The maximum Gasteiger partial charge on any atom is 0.213 e. The summed E-state index contributed by atoms with van der Waals surface area (Å²) in [6.45, 7) is 0.945. The third-order valence-electron chi connectivity index (χ3n) is 1.75. The lowest BCUT2D eigenvalue weighted by atomic mass is 10.2. The minimum absolute atomic E-state index is 0.380. The van der Waals surface area contributed by atoms with Crippen molar-refractivity contribution in [3.8, 4) is 0 Å². The van der Waals surface area contributed by atoms with Crippen LogP contribution in [0.5, 0.6) is 0 Å². The van der Waals surface area contributed by atoms with Crippen LogP contribution in [-0.2, 0) is 18.0 Å². The van der Waals surface area contributed by atoms with Crippen molar-refractivity contribution >= 4 is 0 Å². The van der Waals surface area contributed by atoms with Crippen LogP contribution >= 0.6 is 0 Å². The van der Waals surface area contributed by atoms with Crippen molar-refractivity contribution in [2.24, 2.45) is 0 Å². The first-order chi connectivity index (χ1) is 6.95. The summed E-state index contributed by atoms with van der Waals surface area (Å²) < 4.78 is 9.96. The molecule has 2 rings (SSSR count). The lowest BCUT2D eigenvalue weighted by Gasteiger charge is -2.00. The molecule has 0 radical (unpaired) electrons. The van der Waals surface area contributed by atoms with Crippen LogP contribution in [0.1, 0.15) is 11.4 Å². The molecule has 14 heavy (non-hydrogen) atoms. The van der Waals surface area contributed by atoms with Gasteiger partial charge in [0.25, 0.3) is 0 Å². The predicted molar refractivity (Wildman–Crippen MR) is 49.2 cm³/mol. The SMILES string of the molecule is c1ccc(COCc2ncon2)cc1. The van der Waals surface area contributed by atoms with E-state index in [1.165, 1.54) is 6.39 Å². The van der Waals surface area contributed by atoms with Crippen LogP contribution < -0.4 is 0 Å². The zero-order chi connectivity index (χ0) is 9.64. The molecule has 72 valence electrons. The quantitative estimate of drug-likeness (QED) is 0.737. The highest BCUT2D eigenvalue weighted by atomic mass is 16.5. The first kappa shape index (κ1) is 8.90. The molecular weight excluding hydrogens is 180 g/mol. The zero-order valence-electron chi connectivity index (χ0n) is 7.59. The Morgan fingerprint density at radius 2 is 2.00 bits per heavy atom. The molecule has 0 fully saturated rings. The molecule has 4 nitrogen and oxygen atoms in total. The summed E-state index contributed by atoms with van der Waals surface area (Å²) in [5, 5.41) is 3.64. The highest BCUT2D eigenvalue weighted by Crippen LogP contribution is 2.02. The molecule has 0 atom stereocenters. The van der Waals surface area contributed by atoms with Gasteiger partial charge in [0.15, 0.2) is 5.82 Å². The average molecular weight is 190 g/mol. The molecule has 0 N–H and O–H groups in total. The zero-order valence-corrected chi connectivity index (χ0v) is 7.59. The van der Waals surface area contributed by atoms with E-state index in [1.807, 2.05) is 30.3 Å². The molecule has 0 spiro atoms. The van der Waals surface area contributed by atoms with Crippen LogP contribution in [-0.4, -0.2) is 10.1 Å². The van der Waals surface area contributed by atoms with Crippen molar-refractivity contribution in [2.45, 2.75) is 13.2 Å². The van der Waals surface area contributed by atoms with Crippen LogP contribution in [0.4, 0.5) is 0 Å². The van der Waals surface area contributed by atoms with Gasteiger partial charge in [-0.3, -0.25) is 0 Å². The highest BCUT2D eigenvalue weighted by Gasteiger charge is 1.97. The monoisotopic (exact) mass is 190 g/mol. The van der Waals surface area contributed by atoms with E-state index in [0.29, 0.717) is 19.0 Å². The Morgan fingerprint density at radius 1 is 1.14 bits per heavy atom. The van der Waals surface area contributed by atoms with Gasteiger partial charge in [-0.05, 0) is 5.56 Å². The standard InChI is InChI=1S/C10H10N2O2/c1-2-4-9(5-3-1)6-13-7-10-11-8-14-12-10/h1-5,8H,6-7H2. The largest absolute Gasteiger partial charge is 0.369 e. The van der Waals surface area contributed by atoms with Crippen LogP contribution in [0.25, 0.3) is 0 Å². The number of hydrogen-bond acceptors (Lipinski definition) is 4. The second kappa shape index (κ2) is 4.53. The first-order valence-corrected chi connectivity index (χ1v) is 4.32. The fraction of sp³-hybridized carbons (Fsp3) is 0.200. The van der Waals surface area contributed by atoms with E-state index < -0.39 is 0 Å². The van der Waals surface area contributed by atoms with Gasteiger partial charge in [0.2, 0.25) is 6.39 Å².